The molecule has 0 unspecified atom stereocenters. The van der Waals surface area contributed by atoms with Crippen molar-refractivity contribution in [3.63, 3.8) is 0 Å². The summed E-state index contributed by atoms with van der Waals surface area (Å²) in [6.45, 7) is 4.41. The van der Waals surface area contributed by atoms with Crippen LogP contribution in [0.15, 0.2) is 182 Å². The third-order valence-electron chi connectivity index (χ3n) is 8.69. The molecule has 0 aliphatic carbocycles. The standard InChI is InChI=1S/C46H38N2/c1-35-33-38(24-23-37-25-28-43(29-26-37)47(39-15-7-3-8-16-39)40-17-9-4-10-18-40)27-31-45(35)46-32-30-44(34-36(46)2)48(41-19-11-5-12-20-41)42-21-13-6-14-22-42/h3-34H,1-2H3/b24-23-. The van der Waals surface area contributed by atoms with E-state index in [1.54, 1.807) is 0 Å². The van der Waals surface area contributed by atoms with Crippen LogP contribution >= 0.6 is 0 Å². The quantitative estimate of drug-likeness (QED) is 0.149. The van der Waals surface area contributed by atoms with Crippen molar-refractivity contribution in [1.29, 1.82) is 0 Å². The minimum atomic E-state index is 1.13. The molecule has 48 heavy (non-hydrogen) atoms. The second-order valence-electron chi connectivity index (χ2n) is 12.0. The van der Waals surface area contributed by atoms with Gasteiger partial charge in [-0.1, -0.05) is 121 Å². The van der Waals surface area contributed by atoms with Crippen LogP contribution in [0.5, 0.6) is 0 Å². The topological polar surface area (TPSA) is 6.48 Å². The molecule has 7 rings (SSSR count). The number of nitrogens with zero attached hydrogens (tertiary/aromatic N) is 2. The molecule has 7 aromatic carbocycles. The molecule has 0 saturated heterocycles. The van der Waals surface area contributed by atoms with Crippen molar-refractivity contribution >= 4 is 46.3 Å². The lowest BCUT2D eigenvalue weighted by molar-refractivity contribution is 1.27. The highest BCUT2D eigenvalue weighted by Gasteiger charge is 2.15. The van der Waals surface area contributed by atoms with Gasteiger partial charge in [0, 0.05) is 34.1 Å². The molecule has 7 aromatic rings. The zero-order valence-electron chi connectivity index (χ0n) is 27.4. The first-order chi connectivity index (χ1) is 23.6. The van der Waals surface area contributed by atoms with Crippen LogP contribution in [-0.2, 0) is 0 Å². The fourth-order valence-electron chi connectivity index (χ4n) is 6.31. The maximum atomic E-state index is 2.31. The van der Waals surface area contributed by atoms with Crippen LogP contribution in [-0.4, -0.2) is 0 Å². The van der Waals surface area contributed by atoms with E-state index in [1.807, 2.05) is 0 Å². The minimum absolute atomic E-state index is 1.13. The van der Waals surface area contributed by atoms with Crippen LogP contribution in [0.1, 0.15) is 22.3 Å². The average Bonchev–Trinajstić information content (AvgIpc) is 3.14. The van der Waals surface area contributed by atoms with Gasteiger partial charge in [-0.2, -0.15) is 0 Å². The Morgan fingerprint density at radius 3 is 1.08 bits per heavy atom. The van der Waals surface area contributed by atoms with Crippen molar-refractivity contribution in [1.82, 2.24) is 0 Å². The van der Waals surface area contributed by atoms with E-state index in [-0.39, 0.29) is 0 Å². The highest BCUT2D eigenvalue weighted by Crippen LogP contribution is 2.38. The summed E-state index contributed by atoms with van der Waals surface area (Å²) in [5.41, 5.74) is 14.2. The SMILES string of the molecule is Cc1cc(/C=C\c2ccc(N(c3ccccc3)c3ccccc3)cc2)ccc1-c1ccc(N(c2ccccc2)c2ccccc2)cc1C. The van der Waals surface area contributed by atoms with E-state index < -0.39 is 0 Å². The van der Waals surface area contributed by atoms with Crippen LogP contribution in [0.25, 0.3) is 23.3 Å². The molecule has 0 bridgehead atoms. The smallest absolute Gasteiger partial charge is 0.0464 e. The molecule has 0 N–H and O–H groups in total. The Morgan fingerprint density at radius 1 is 0.312 bits per heavy atom. The third kappa shape index (κ3) is 6.70. The maximum Gasteiger partial charge on any atom is 0.0464 e. The maximum absolute atomic E-state index is 2.31. The summed E-state index contributed by atoms with van der Waals surface area (Å²) >= 11 is 0. The molecular weight excluding hydrogens is 581 g/mol. The lowest BCUT2D eigenvalue weighted by atomic mass is 9.94. The van der Waals surface area contributed by atoms with E-state index in [2.05, 4.69) is 218 Å². The molecular formula is C46H38N2. The van der Waals surface area contributed by atoms with Crippen molar-refractivity contribution in [2.75, 3.05) is 9.80 Å². The predicted octanol–water partition coefficient (Wildman–Crippen LogP) is 13.1. The van der Waals surface area contributed by atoms with Gasteiger partial charge in [0.1, 0.15) is 0 Å². The van der Waals surface area contributed by atoms with Gasteiger partial charge in [-0.25, -0.2) is 0 Å². The van der Waals surface area contributed by atoms with Gasteiger partial charge in [0.25, 0.3) is 0 Å². The Morgan fingerprint density at radius 2 is 0.646 bits per heavy atom. The minimum Gasteiger partial charge on any atom is -0.311 e. The second kappa shape index (κ2) is 14.1. The third-order valence-corrected chi connectivity index (χ3v) is 8.69. The fraction of sp³-hybridized carbons (Fsp3) is 0.0435. The highest BCUT2D eigenvalue weighted by molar-refractivity contribution is 5.82. The largest absolute Gasteiger partial charge is 0.311 e. The molecule has 232 valence electrons. The summed E-state index contributed by atoms with van der Waals surface area (Å²) < 4.78 is 0. The van der Waals surface area contributed by atoms with Gasteiger partial charge < -0.3 is 9.80 Å². The molecule has 0 radical (unpaired) electrons. The number of hydrogen-bond acceptors (Lipinski definition) is 2. The molecule has 0 heterocycles. The van der Waals surface area contributed by atoms with Crippen molar-refractivity contribution in [3.8, 4) is 11.1 Å². The Kier molecular flexibility index (Phi) is 8.97. The summed E-state index contributed by atoms with van der Waals surface area (Å²) in [6, 6.07) is 64.4. The van der Waals surface area contributed by atoms with E-state index in [0.717, 1.165) is 39.7 Å². The van der Waals surface area contributed by atoms with Gasteiger partial charge in [-0.15, -0.1) is 0 Å². The van der Waals surface area contributed by atoms with Crippen LogP contribution in [0, 0.1) is 13.8 Å². The highest BCUT2D eigenvalue weighted by atomic mass is 15.1. The van der Waals surface area contributed by atoms with E-state index in [0.29, 0.717) is 0 Å². The monoisotopic (exact) mass is 618 g/mol. The first-order valence-electron chi connectivity index (χ1n) is 16.4. The molecule has 0 aliphatic heterocycles. The Hall–Kier alpha value is -6.12. The van der Waals surface area contributed by atoms with Gasteiger partial charge in [0.2, 0.25) is 0 Å². The number of para-hydroxylation sites is 4. The molecule has 0 amide bonds. The number of hydrogen-bond donors (Lipinski definition) is 0. The molecule has 0 aromatic heterocycles. The van der Waals surface area contributed by atoms with Crippen molar-refractivity contribution < 1.29 is 0 Å². The van der Waals surface area contributed by atoms with E-state index in [1.165, 1.54) is 27.8 Å². The lowest BCUT2D eigenvalue weighted by Crippen LogP contribution is -2.10. The zero-order valence-corrected chi connectivity index (χ0v) is 27.4. The summed E-state index contributed by atoms with van der Waals surface area (Å²) in [5.74, 6) is 0. The lowest BCUT2D eigenvalue weighted by Gasteiger charge is -2.26. The summed E-state index contributed by atoms with van der Waals surface area (Å²) in [5, 5.41) is 0. The summed E-state index contributed by atoms with van der Waals surface area (Å²) in [6.07, 6.45) is 4.39. The van der Waals surface area contributed by atoms with Gasteiger partial charge in [0.05, 0.1) is 0 Å². The molecule has 0 fully saturated rings. The van der Waals surface area contributed by atoms with Crippen LogP contribution in [0.3, 0.4) is 0 Å². The first kappa shape index (κ1) is 30.5. The summed E-state index contributed by atoms with van der Waals surface area (Å²) in [7, 11) is 0. The van der Waals surface area contributed by atoms with Crippen molar-refractivity contribution in [3.05, 3.63) is 204 Å². The molecule has 0 aliphatic rings. The fourth-order valence-corrected chi connectivity index (χ4v) is 6.31. The molecule has 0 saturated carbocycles. The molecule has 0 spiro atoms. The number of anilines is 6. The molecule has 0 atom stereocenters. The van der Waals surface area contributed by atoms with Gasteiger partial charge in [-0.3, -0.25) is 0 Å². The second-order valence-corrected chi connectivity index (χ2v) is 12.0. The average molecular weight is 619 g/mol. The van der Waals surface area contributed by atoms with Crippen molar-refractivity contribution in [2.45, 2.75) is 13.8 Å². The Balaban J connectivity index is 1.11. The van der Waals surface area contributed by atoms with Gasteiger partial charge in [-0.05, 0) is 120 Å². The van der Waals surface area contributed by atoms with E-state index >= 15 is 0 Å². The van der Waals surface area contributed by atoms with Crippen LogP contribution in [0.4, 0.5) is 34.1 Å². The zero-order chi connectivity index (χ0) is 32.7. The molecule has 2 heteroatoms. The van der Waals surface area contributed by atoms with Crippen LogP contribution in [0.2, 0.25) is 0 Å². The Bertz CT molecular complexity index is 2040. The van der Waals surface area contributed by atoms with Gasteiger partial charge >= 0.3 is 0 Å². The van der Waals surface area contributed by atoms with Gasteiger partial charge in [0.15, 0.2) is 0 Å². The predicted molar refractivity (Wildman–Crippen MR) is 206 cm³/mol. The number of rotatable bonds is 9. The molecule has 2 nitrogen and oxygen atoms in total. The number of aryl methyl sites for hydroxylation is 2. The van der Waals surface area contributed by atoms with Crippen LogP contribution < -0.4 is 9.80 Å². The van der Waals surface area contributed by atoms with E-state index in [9.17, 15) is 0 Å². The Labute approximate surface area is 284 Å². The van der Waals surface area contributed by atoms with Crippen molar-refractivity contribution in [2.24, 2.45) is 0 Å². The first-order valence-corrected chi connectivity index (χ1v) is 16.4. The summed E-state index contributed by atoms with van der Waals surface area (Å²) in [4.78, 5) is 4.59. The normalized spacial score (nSPS) is 11.0. The van der Waals surface area contributed by atoms with E-state index in [4.69, 9.17) is 0 Å². The number of benzene rings is 7.